The molecule has 1 heterocycles. The first kappa shape index (κ1) is 77.1. The number of hydrogen-bond donors (Lipinski definition) is 6. The summed E-state index contributed by atoms with van der Waals surface area (Å²) in [6.45, 7) is 6.42. The summed E-state index contributed by atoms with van der Waals surface area (Å²) >= 11 is 3.01. The third kappa shape index (κ3) is 60.9. The number of ether oxygens (including phenoxy) is 2. The number of aromatic nitrogens is 3. The van der Waals surface area contributed by atoms with Gasteiger partial charge in [0.2, 0.25) is 0 Å². The van der Waals surface area contributed by atoms with E-state index in [-0.39, 0.29) is 81.5 Å². The van der Waals surface area contributed by atoms with E-state index in [1.165, 1.54) is 18.9 Å². The molecular formula is C41H64BrN10NaO11S. The van der Waals surface area contributed by atoms with Crippen LogP contribution in [0.5, 0.6) is 17.2 Å². The van der Waals surface area contributed by atoms with Gasteiger partial charge in [-0.25, -0.2) is 0 Å². The number of carbonyl (C=O) groups excluding carboxylic acids is 1. The molecule has 0 saturated carbocycles. The molecule has 0 atom stereocenters. The summed E-state index contributed by atoms with van der Waals surface area (Å²) in [7, 11) is 2.16. The topological polar surface area (TPSA) is 344 Å². The number of terminal acetylenes is 2. The first-order valence-electron chi connectivity index (χ1n) is 17.7. The van der Waals surface area contributed by atoms with Gasteiger partial charge in [-0.1, -0.05) is 95.8 Å². The van der Waals surface area contributed by atoms with Crippen LogP contribution in [0.4, 0.5) is 0 Å². The predicted octanol–water partition coefficient (Wildman–Crippen LogP) is 3.17. The van der Waals surface area contributed by atoms with E-state index in [0.717, 1.165) is 54.4 Å². The number of nitrogens with two attached hydrogens (primary N) is 1. The molecule has 0 aliphatic carbocycles. The Hall–Kier alpha value is -5.20. The van der Waals surface area contributed by atoms with Gasteiger partial charge >= 0.3 is 29.6 Å². The summed E-state index contributed by atoms with van der Waals surface area (Å²) in [5.74, 6) is 6.46. The molecule has 65 heavy (non-hydrogen) atoms. The van der Waals surface area contributed by atoms with Crippen LogP contribution in [-0.2, 0) is 52.6 Å². The van der Waals surface area contributed by atoms with Gasteiger partial charge in [0.05, 0.1) is 51.3 Å². The summed E-state index contributed by atoms with van der Waals surface area (Å²) in [6.07, 6.45) is 12.5. The number of azide groups is 1. The molecule has 0 bridgehead atoms. The molecule has 0 radical (unpaired) electrons. The summed E-state index contributed by atoms with van der Waals surface area (Å²) < 4.78 is 35.7. The van der Waals surface area contributed by atoms with Gasteiger partial charge in [0.25, 0.3) is 10.1 Å². The first-order chi connectivity index (χ1) is 30.0. The Morgan fingerprint density at radius 1 is 0.877 bits per heavy atom. The van der Waals surface area contributed by atoms with Gasteiger partial charge in [0.15, 0.2) is 0 Å². The smallest absolute Gasteiger partial charge is 0.508 e. The van der Waals surface area contributed by atoms with Crippen molar-refractivity contribution in [2.45, 2.75) is 54.6 Å². The Balaban J connectivity index is -0.0000000995. The fourth-order valence-corrected chi connectivity index (χ4v) is 2.73. The normalized spacial score (nSPS) is 8.06. The molecule has 24 heteroatoms. The van der Waals surface area contributed by atoms with E-state index < -0.39 is 10.1 Å². The fourth-order valence-electron chi connectivity index (χ4n) is 2.73. The molecule has 7 N–H and O–H groups in total. The summed E-state index contributed by atoms with van der Waals surface area (Å²) in [5, 5.41) is 53.2. The van der Waals surface area contributed by atoms with Crippen molar-refractivity contribution in [3.8, 4) is 41.9 Å². The molecule has 0 saturated heterocycles. The van der Waals surface area contributed by atoms with Crippen LogP contribution in [0, 0.1) is 24.7 Å². The van der Waals surface area contributed by atoms with Crippen LogP contribution in [0.1, 0.15) is 50.6 Å². The number of phenols is 1. The second-order valence-electron chi connectivity index (χ2n) is 10.1. The zero-order valence-corrected chi connectivity index (χ0v) is 42.1. The van der Waals surface area contributed by atoms with E-state index in [4.69, 9.17) is 70.2 Å². The average molecular weight is 1010 g/mol. The van der Waals surface area contributed by atoms with E-state index in [1.807, 2.05) is 51.4 Å². The van der Waals surface area contributed by atoms with Crippen molar-refractivity contribution in [2.75, 3.05) is 46.0 Å². The monoisotopic (exact) mass is 1010 g/mol. The number of halogens is 1. The van der Waals surface area contributed by atoms with Crippen molar-refractivity contribution in [2.24, 2.45) is 17.9 Å². The van der Waals surface area contributed by atoms with Gasteiger partial charge in [-0.15, -0.1) is 17.9 Å². The van der Waals surface area contributed by atoms with E-state index in [9.17, 15) is 13.2 Å². The fraction of sp³-hybridized carbons (Fsp3) is 0.390. The largest absolute Gasteiger partial charge is 1.00 e. The molecule has 4 rings (SSSR count). The third-order valence-electron chi connectivity index (χ3n) is 5.45. The molecule has 0 amide bonds. The number of aromatic hydroxyl groups is 1. The van der Waals surface area contributed by atoms with E-state index in [0.29, 0.717) is 11.9 Å². The Bertz CT molecular complexity index is 1940. The number of ketones is 1. The second-order valence-corrected chi connectivity index (χ2v) is 12.4. The van der Waals surface area contributed by atoms with Crippen LogP contribution >= 0.6 is 15.9 Å². The average Bonchev–Trinajstić information content (AvgIpc) is 3.75. The number of alkyl halides is 1. The minimum Gasteiger partial charge on any atom is -0.508 e. The van der Waals surface area contributed by atoms with Crippen LogP contribution < -0.4 is 44.8 Å². The maximum atomic E-state index is 9.78. The number of aliphatic hydroxyl groups excluding tert-OH is 4. The van der Waals surface area contributed by atoms with Crippen LogP contribution in [0.2, 0.25) is 0 Å². The Labute approximate surface area is 414 Å². The number of aryl methyl sites for hydroxylation is 1. The molecule has 0 aliphatic heterocycles. The molecule has 0 fully saturated rings. The number of phenolic OH excluding ortho intramolecular Hbond substituents is 1. The Kier molecular flexibility index (Phi) is 69.7. The standard InChI is InChI=1S/C11H13N3O2.C10H10O2.C7H8O2.C3H3Br.C3H7NO.C2H6O3S.C2H6.CH3N3.CH4O.CH4.N3.Na/c1-14-6-10(12-13-14)8-16-11-4-2-9(7-15)3-5-11;1-2-7-12-10-5-3-9(8-11)4-6-10;8-5-6-1-3-7(9)4-2-6;1-2-3-4;1-3(5)2-4;1-5-6(2,3)4;1-2;1-3-4-2;1-2;;1-3-2;/h2-6,15H,7-8H2,1H3;1,3-6,11H,7-8H2;1-4,8-9H,5H2;1H,3H2;2,4H2,1H3;1-2H3;1-2H3;1H3;2H,1H3;1H4;;/q;;;;;;;;;;-1;+1. The van der Waals surface area contributed by atoms with Crippen LogP contribution in [0.3, 0.4) is 0 Å². The number of rotatable bonds is 10. The van der Waals surface area contributed by atoms with Crippen LogP contribution in [0.15, 0.2) is 84.1 Å². The molecule has 3 aromatic carbocycles. The zero-order valence-electron chi connectivity index (χ0n) is 37.7. The van der Waals surface area contributed by atoms with E-state index >= 15 is 0 Å². The van der Waals surface area contributed by atoms with Crippen molar-refractivity contribution >= 4 is 31.8 Å². The van der Waals surface area contributed by atoms with E-state index in [1.54, 1.807) is 53.2 Å². The number of benzene rings is 3. The summed E-state index contributed by atoms with van der Waals surface area (Å²) in [6, 6.07) is 20.9. The zero-order chi connectivity index (χ0) is 49.9. The van der Waals surface area contributed by atoms with Crippen molar-refractivity contribution < 1.29 is 82.0 Å². The van der Waals surface area contributed by atoms with Gasteiger partial charge in [-0.2, -0.15) is 8.42 Å². The van der Waals surface area contributed by atoms with Gasteiger partial charge in [0.1, 0.15) is 41.9 Å². The third-order valence-corrected chi connectivity index (χ3v) is 6.38. The van der Waals surface area contributed by atoms with Crippen molar-refractivity contribution in [3.05, 3.63) is 128 Å². The van der Waals surface area contributed by atoms with Crippen LogP contribution in [0.25, 0.3) is 26.4 Å². The summed E-state index contributed by atoms with van der Waals surface area (Å²) in [5.41, 5.74) is 29.0. The molecule has 1 aromatic heterocycles. The molecule has 358 valence electrons. The van der Waals surface area contributed by atoms with Gasteiger partial charge < -0.3 is 51.8 Å². The van der Waals surface area contributed by atoms with E-state index in [2.05, 4.69) is 52.3 Å². The molecule has 0 aliphatic rings. The molecule has 21 nitrogen and oxygen atoms in total. The molecule has 0 spiro atoms. The number of hydrogen-bond acceptors (Lipinski definition) is 15. The predicted molar refractivity (Wildman–Crippen MR) is 254 cm³/mol. The maximum Gasteiger partial charge on any atom is 1.00 e. The SMILES string of the molecule is C.C#CCBr.C#CCOc1ccc(CO)cc1.CC.CC(=O)CN.CN=[N+]=[N-].CO.COS(C)(=O)=O.Cn1cc(COc2ccc(CO)cc2)nn1.OCc1ccc(O)cc1.[N-]=[N+]=[N-].[Na+]. The molecular weight excluding hydrogens is 943 g/mol. The molecule has 0 unspecified atom stereocenters. The van der Waals surface area contributed by atoms with Crippen molar-refractivity contribution in [1.29, 1.82) is 0 Å². The van der Waals surface area contributed by atoms with Gasteiger partial charge in [-0.3, -0.25) is 18.6 Å². The van der Waals surface area contributed by atoms with Gasteiger partial charge in [0, 0.05) is 26.1 Å². The number of aliphatic hydroxyl groups is 4. The molecule has 4 aromatic rings. The first-order valence-corrected chi connectivity index (χ1v) is 20.6. The van der Waals surface area contributed by atoms with Gasteiger partial charge in [-0.05, 0) is 65.5 Å². The number of nitrogens with zero attached hydrogens (tertiary/aromatic N) is 9. The van der Waals surface area contributed by atoms with Crippen molar-refractivity contribution in [3.63, 3.8) is 0 Å². The second kappa shape index (κ2) is 58.8. The number of Topliss-reactive ketones (excluding diaryl/α,β-unsaturated/α-hetero) is 1. The Morgan fingerprint density at radius 2 is 1.20 bits per heavy atom. The minimum absolute atomic E-state index is 0. The Morgan fingerprint density at radius 3 is 1.43 bits per heavy atom. The maximum absolute atomic E-state index is 9.78. The summed E-state index contributed by atoms with van der Waals surface area (Å²) in [4.78, 5) is 13.5. The minimum atomic E-state index is -3.16. The van der Waals surface area contributed by atoms with Crippen LogP contribution in [-0.4, -0.2) is 101 Å². The number of carbonyl (C=O) groups is 1. The van der Waals surface area contributed by atoms with Crippen molar-refractivity contribution in [1.82, 2.24) is 15.0 Å². The quantitative estimate of drug-likeness (QED) is 0.0253.